The molecule has 2 aromatic rings. The molecule has 1 aromatic heterocycles. The minimum absolute atomic E-state index is 0.258. The van der Waals surface area contributed by atoms with Crippen LogP contribution >= 0.6 is 27.3 Å². The summed E-state index contributed by atoms with van der Waals surface area (Å²) < 4.78 is 6.86. The number of halogens is 1. The fourth-order valence-corrected chi connectivity index (χ4v) is 3.09. The molecule has 0 aliphatic rings. The SMILES string of the molecule is CC(N)CCc1ccc(OCc2cc(Br)cs2)cc1. The largest absolute Gasteiger partial charge is 0.488 e. The summed E-state index contributed by atoms with van der Waals surface area (Å²) in [6.45, 7) is 2.66. The molecule has 2 nitrogen and oxygen atoms in total. The second-order valence-electron chi connectivity index (χ2n) is 4.68. The minimum atomic E-state index is 0.258. The first kappa shape index (κ1) is 14.6. The summed E-state index contributed by atoms with van der Waals surface area (Å²) in [6, 6.07) is 10.6. The van der Waals surface area contributed by atoms with Crippen LogP contribution in [-0.4, -0.2) is 6.04 Å². The Kier molecular flexibility index (Phi) is 5.43. The molecule has 0 radical (unpaired) electrons. The summed E-state index contributed by atoms with van der Waals surface area (Å²) in [5.41, 5.74) is 7.07. The van der Waals surface area contributed by atoms with Crippen LogP contribution < -0.4 is 10.5 Å². The summed E-state index contributed by atoms with van der Waals surface area (Å²) in [6.07, 6.45) is 2.04. The van der Waals surface area contributed by atoms with Gasteiger partial charge in [-0.05, 0) is 59.5 Å². The Morgan fingerprint density at radius 2 is 2.05 bits per heavy atom. The second kappa shape index (κ2) is 7.08. The first-order valence-corrected chi connectivity index (χ1v) is 8.01. The molecule has 1 aromatic carbocycles. The van der Waals surface area contributed by atoms with Crippen LogP contribution in [-0.2, 0) is 13.0 Å². The highest BCUT2D eigenvalue weighted by Crippen LogP contribution is 2.22. The number of benzene rings is 1. The molecule has 0 bridgehead atoms. The van der Waals surface area contributed by atoms with E-state index in [1.807, 2.05) is 19.1 Å². The van der Waals surface area contributed by atoms with Crippen LogP contribution in [0.3, 0.4) is 0 Å². The number of hydrogen-bond acceptors (Lipinski definition) is 3. The van der Waals surface area contributed by atoms with Crippen molar-refractivity contribution in [2.45, 2.75) is 32.4 Å². The Morgan fingerprint density at radius 3 is 2.63 bits per heavy atom. The highest BCUT2D eigenvalue weighted by atomic mass is 79.9. The van der Waals surface area contributed by atoms with Crippen molar-refractivity contribution < 1.29 is 4.74 Å². The van der Waals surface area contributed by atoms with Crippen molar-refractivity contribution in [3.05, 3.63) is 50.6 Å². The molecule has 1 atom stereocenters. The van der Waals surface area contributed by atoms with Gasteiger partial charge < -0.3 is 10.5 Å². The molecule has 0 saturated carbocycles. The van der Waals surface area contributed by atoms with E-state index in [2.05, 4.69) is 39.5 Å². The molecule has 0 aliphatic carbocycles. The van der Waals surface area contributed by atoms with Gasteiger partial charge in [-0.2, -0.15) is 0 Å². The topological polar surface area (TPSA) is 35.2 Å². The Hall–Kier alpha value is -0.840. The van der Waals surface area contributed by atoms with Gasteiger partial charge in [-0.25, -0.2) is 0 Å². The van der Waals surface area contributed by atoms with Gasteiger partial charge in [0, 0.05) is 20.8 Å². The van der Waals surface area contributed by atoms with Crippen LogP contribution in [0.15, 0.2) is 40.2 Å². The van der Waals surface area contributed by atoms with Gasteiger partial charge >= 0.3 is 0 Å². The normalized spacial score (nSPS) is 12.4. The van der Waals surface area contributed by atoms with Crippen LogP contribution in [0.2, 0.25) is 0 Å². The van der Waals surface area contributed by atoms with Gasteiger partial charge in [0.2, 0.25) is 0 Å². The number of thiophene rings is 1. The minimum Gasteiger partial charge on any atom is -0.488 e. The molecule has 102 valence electrons. The lowest BCUT2D eigenvalue weighted by Crippen LogP contribution is -2.15. The smallest absolute Gasteiger partial charge is 0.122 e. The van der Waals surface area contributed by atoms with E-state index in [9.17, 15) is 0 Å². The van der Waals surface area contributed by atoms with Crippen molar-refractivity contribution in [1.82, 2.24) is 0 Å². The average molecular weight is 340 g/mol. The Bertz CT molecular complexity index is 507. The quantitative estimate of drug-likeness (QED) is 0.847. The van der Waals surface area contributed by atoms with E-state index in [0.29, 0.717) is 6.61 Å². The zero-order chi connectivity index (χ0) is 13.7. The van der Waals surface area contributed by atoms with Crippen molar-refractivity contribution in [1.29, 1.82) is 0 Å². The molecule has 0 amide bonds. The first-order valence-electron chi connectivity index (χ1n) is 6.34. The van der Waals surface area contributed by atoms with Crippen LogP contribution in [0.4, 0.5) is 0 Å². The summed E-state index contributed by atoms with van der Waals surface area (Å²) in [5.74, 6) is 0.911. The molecule has 1 heterocycles. The zero-order valence-corrected chi connectivity index (χ0v) is 13.3. The van der Waals surface area contributed by atoms with Crippen LogP contribution in [0, 0.1) is 0 Å². The number of nitrogens with two attached hydrogens (primary N) is 1. The van der Waals surface area contributed by atoms with E-state index in [-0.39, 0.29) is 6.04 Å². The lowest BCUT2D eigenvalue weighted by atomic mass is 10.1. The molecule has 19 heavy (non-hydrogen) atoms. The maximum Gasteiger partial charge on any atom is 0.122 e. The highest BCUT2D eigenvalue weighted by Gasteiger charge is 2.01. The van der Waals surface area contributed by atoms with Gasteiger partial charge in [-0.1, -0.05) is 12.1 Å². The lowest BCUT2D eigenvalue weighted by Gasteiger charge is -2.07. The van der Waals surface area contributed by atoms with Gasteiger partial charge in [0.15, 0.2) is 0 Å². The molecular weight excluding hydrogens is 322 g/mol. The van der Waals surface area contributed by atoms with E-state index in [4.69, 9.17) is 10.5 Å². The van der Waals surface area contributed by atoms with Crippen molar-refractivity contribution in [3.8, 4) is 5.75 Å². The fraction of sp³-hybridized carbons (Fsp3) is 0.333. The van der Waals surface area contributed by atoms with E-state index in [0.717, 1.165) is 23.1 Å². The van der Waals surface area contributed by atoms with E-state index in [1.54, 1.807) is 11.3 Å². The summed E-state index contributed by atoms with van der Waals surface area (Å²) in [5, 5.41) is 2.07. The third-order valence-electron chi connectivity index (χ3n) is 2.81. The number of rotatable bonds is 6. The molecule has 2 rings (SSSR count). The molecular formula is C15H18BrNOS. The standard InChI is InChI=1S/C15H18BrNOS/c1-11(17)2-3-12-4-6-14(7-5-12)18-9-15-8-13(16)10-19-15/h4-8,10-11H,2-3,9,17H2,1H3. The zero-order valence-electron chi connectivity index (χ0n) is 10.9. The van der Waals surface area contributed by atoms with Crippen molar-refractivity contribution in [3.63, 3.8) is 0 Å². The van der Waals surface area contributed by atoms with Gasteiger partial charge in [-0.3, -0.25) is 0 Å². The third-order valence-corrected chi connectivity index (χ3v) is 4.49. The molecule has 4 heteroatoms. The van der Waals surface area contributed by atoms with Crippen LogP contribution in [0.25, 0.3) is 0 Å². The van der Waals surface area contributed by atoms with Gasteiger partial charge in [-0.15, -0.1) is 11.3 Å². The van der Waals surface area contributed by atoms with Gasteiger partial charge in [0.25, 0.3) is 0 Å². The van der Waals surface area contributed by atoms with Gasteiger partial charge in [0.1, 0.15) is 12.4 Å². The molecule has 0 fully saturated rings. The van der Waals surface area contributed by atoms with Crippen LogP contribution in [0.1, 0.15) is 23.8 Å². The first-order chi connectivity index (χ1) is 9.13. The number of hydrogen-bond donors (Lipinski definition) is 1. The maximum absolute atomic E-state index is 5.76. The van der Waals surface area contributed by atoms with Gasteiger partial charge in [0.05, 0.1) is 0 Å². The molecule has 0 aliphatic heterocycles. The third kappa shape index (κ3) is 4.97. The molecule has 0 spiro atoms. The van der Waals surface area contributed by atoms with E-state index < -0.39 is 0 Å². The number of ether oxygens (including phenoxy) is 1. The molecule has 0 saturated heterocycles. The Labute approximate surface area is 126 Å². The predicted octanol–water partition coefficient (Wildman–Crippen LogP) is 4.37. The Balaban J connectivity index is 1.84. The molecule has 1 unspecified atom stereocenters. The second-order valence-corrected chi connectivity index (χ2v) is 6.59. The van der Waals surface area contributed by atoms with Crippen molar-refractivity contribution in [2.24, 2.45) is 5.73 Å². The summed E-state index contributed by atoms with van der Waals surface area (Å²) in [7, 11) is 0. The van der Waals surface area contributed by atoms with Crippen molar-refractivity contribution >= 4 is 27.3 Å². The fourth-order valence-electron chi connectivity index (χ4n) is 1.73. The Morgan fingerprint density at radius 1 is 1.32 bits per heavy atom. The predicted molar refractivity (Wildman–Crippen MR) is 84.8 cm³/mol. The van der Waals surface area contributed by atoms with E-state index in [1.165, 1.54) is 10.4 Å². The van der Waals surface area contributed by atoms with Crippen LogP contribution in [0.5, 0.6) is 5.75 Å². The number of aryl methyl sites for hydroxylation is 1. The monoisotopic (exact) mass is 339 g/mol. The summed E-state index contributed by atoms with van der Waals surface area (Å²) in [4.78, 5) is 1.22. The van der Waals surface area contributed by atoms with E-state index >= 15 is 0 Å². The highest BCUT2D eigenvalue weighted by molar-refractivity contribution is 9.10. The maximum atomic E-state index is 5.76. The van der Waals surface area contributed by atoms with Crippen molar-refractivity contribution in [2.75, 3.05) is 0 Å². The molecule has 2 N–H and O–H groups in total. The summed E-state index contributed by atoms with van der Waals surface area (Å²) >= 11 is 5.14. The average Bonchev–Trinajstić information content (AvgIpc) is 2.81. The lowest BCUT2D eigenvalue weighted by molar-refractivity contribution is 0.309.